The second kappa shape index (κ2) is 5.60. The van der Waals surface area contributed by atoms with Crippen molar-refractivity contribution in [2.75, 3.05) is 23.8 Å². The number of carbonyl (C=O) groups is 1. The average molecular weight is 285 g/mol. The summed E-state index contributed by atoms with van der Waals surface area (Å²) in [5, 5.41) is 14.7. The fourth-order valence-electron chi connectivity index (χ4n) is 2.98. The molecule has 1 aromatic carbocycles. The lowest BCUT2D eigenvalue weighted by Gasteiger charge is -2.34. The van der Waals surface area contributed by atoms with Crippen LogP contribution in [0.25, 0.3) is 10.8 Å². The molecular formula is C16H19N3O2. The predicted octanol–water partition coefficient (Wildman–Crippen LogP) is 2.72. The van der Waals surface area contributed by atoms with E-state index in [1.165, 1.54) is 0 Å². The zero-order chi connectivity index (χ0) is 14.8. The maximum Gasteiger partial charge on any atom is 0.326 e. The number of aliphatic carboxylic acids is 1. The minimum Gasteiger partial charge on any atom is -0.480 e. The van der Waals surface area contributed by atoms with Gasteiger partial charge in [-0.15, -0.1) is 0 Å². The fourth-order valence-corrected chi connectivity index (χ4v) is 2.98. The topological polar surface area (TPSA) is 65.5 Å². The highest BCUT2D eigenvalue weighted by atomic mass is 16.4. The van der Waals surface area contributed by atoms with E-state index in [4.69, 9.17) is 0 Å². The van der Waals surface area contributed by atoms with Gasteiger partial charge in [-0.3, -0.25) is 0 Å². The lowest BCUT2D eigenvalue weighted by molar-refractivity contribution is -0.139. The summed E-state index contributed by atoms with van der Waals surface area (Å²) >= 11 is 0. The maximum atomic E-state index is 11.5. The van der Waals surface area contributed by atoms with Crippen molar-refractivity contribution in [1.82, 2.24) is 4.98 Å². The van der Waals surface area contributed by atoms with Crippen molar-refractivity contribution < 1.29 is 9.90 Å². The Morgan fingerprint density at radius 1 is 1.38 bits per heavy atom. The molecule has 0 spiro atoms. The standard InChI is InChI=1S/C16H19N3O2/c1-17-12-6-5-11-7-8-18-15(13(11)10-12)19-9-3-2-4-14(19)16(20)21/h5-8,10,14,17H,2-4,9H2,1H3,(H,20,21). The minimum absolute atomic E-state index is 0.477. The molecule has 0 aliphatic carbocycles. The first-order valence-corrected chi connectivity index (χ1v) is 7.26. The lowest BCUT2D eigenvalue weighted by Crippen LogP contribution is -2.45. The molecule has 1 atom stereocenters. The number of pyridine rings is 1. The summed E-state index contributed by atoms with van der Waals surface area (Å²) in [6, 6.07) is 7.56. The van der Waals surface area contributed by atoms with Gasteiger partial charge in [0.15, 0.2) is 0 Å². The Bertz CT molecular complexity index is 672. The van der Waals surface area contributed by atoms with Crippen LogP contribution >= 0.6 is 0 Å². The van der Waals surface area contributed by atoms with E-state index in [-0.39, 0.29) is 0 Å². The molecular weight excluding hydrogens is 266 g/mol. The summed E-state index contributed by atoms with van der Waals surface area (Å²) < 4.78 is 0. The van der Waals surface area contributed by atoms with Gasteiger partial charge >= 0.3 is 5.97 Å². The third kappa shape index (κ3) is 2.51. The molecule has 2 aromatic rings. The molecule has 0 amide bonds. The van der Waals surface area contributed by atoms with Crippen LogP contribution in [-0.4, -0.2) is 35.7 Å². The first-order chi connectivity index (χ1) is 10.2. The number of carboxylic acid groups (broad SMARTS) is 1. The van der Waals surface area contributed by atoms with E-state index in [1.54, 1.807) is 6.20 Å². The van der Waals surface area contributed by atoms with Crippen molar-refractivity contribution in [3.8, 4) is 0 Å². The number of anilines is 2. The van der Waals surface area contributed by atoms with Crippen LogP contribution in [0.2, 0.25) is 0 Å². The van der Waals surface area contributed by atoms with E-state index >= 15 is 0 Å². The molecule has 1 aromatic heterocycles. The highest BCUT2D eigenvalue weighted by Crippen LogP contribution is 2.31. The summed E-state index contributed by atoms with van der Waals surface area (Å²) in [7, 11) is 1.87. The van der Waals surface area contributed by atoms with Crippen LogP contribution < -0.4 is 10.2 Å². The van der Waals surface area contributed by atoms with Gasteiger partial charge < -0.3 is 15.3 Å². The van der Waals surface area contributed by atoms with E-state index < -0.39 is 12.0 Å². The highest BCUT2D eigenvalue weighted by molar-refractivity contribution is 5.95. The van der Waals surface area contributed by atoms with E-state index in [0.717, 1.165) is 41.7 Å². The molecule has 3 rings (SSSR count). The van der Waals surface area contributed by atoms with Crippen LogP contribution in [0.3, 0.4) is 0 Å². The first kappa shape index (κ1) is 13.7. The van der Waals surface area contributed by atoms with Gasteiger partial charge in [0.05, 0.1) is 0 Å². The smallest absolute Gasteiger partial charge is 0.326 e. The quantitative estimate of drug-likeness (QED) is 0.907. The number of benzene rings is 1. The molecule has 2 heterocycles. The molecule has 1 unspecified atom stereocenters. The van der Waals surface area contributed by atoms with Crippen molar-refractivity contribution in [3.05, 3.63) is 30.5 Å². The van der Waals surface area contributed by atoms with Gasteiger partial charge in [-0.2, -0.15) is 0 Å². The molecule has 1 saturated heterocycles. The molecule has 1 aliphatic heterocycles. The van der Waals surface area contributed by atoms with Gasteiger partial charge in [-0.1, -0.05) is 6.07 Å². The number of fused-ring (bicyclic) bond motifs is 1. The Kier molecular flexibility index (Phi) is 3.64. The Hall–Kier alpha value is -2.30. The Labute approximate surface area is 123 Å². The monoisotopic (exact) mass is 285 g/mol. The van der Waals surface area contributed by atoms with Crippen LogP contribution in [0.15, 0.2) is 30.5 Å². The number of rotatable bonds is 3. The zero-order valence-electron chi connectivity index (χ0n) is 12.0. The number of nitrogens with zero attached hydrogens (tertiary/aromatic N) is 2. The van der Waals surface area contributed by atoms with E-state index in [0.29, 0.717) is 6.42 Å². The Morgan fingerprint density at radius 2 is 2.24 bits per heavy atom. The first-order valence-electron chi connectivity index (χ1n) is 7.26. The third-order valence-electron chi connectivity index (χ3n) is 4.09. The largest absolute Gasteiger partial charge is 0.480 e. The molecule has 1 fully saturated rings. The molecule has 1 aliphatic rings. The lowest BCUT2D eigenvalue weighted by atomic mass is 10.0. The van der Waals surface area contributed by atoms with Crippen LogP contribution in [0, 0.1) is 0 Å². The van der Waals surface area contributed by atoms with E-state index in [9.17, 15) is 9.90 Å². The van der Waals surface area contributed by atoms with Crippen molar-refractivity contribution in [1.29, 1.82) is 0 Å². The molecule has 0 bridgehead atoms. The summed E-state index contributed by atoms with van der Waals surface area (Å²) in [6.45, 7) is 0.743. The van der Waals surface area contributed by atoms with Crippen LogP contribution in [-0.2, 0) is 4.79 Å². The highest BCUT2D eigenvalue weighted by Gasteiger charge is 2.30. The number of hydrogen-bond donors (Lipinski definition) is 2. The normalized spacial score (nSPS) is 18.7. The van der Waals surface area contributed by atoms with Crippen molar-refractivity contribution in [3.63, 3.8) is 0 Å². The molecule has 5 nitrogen and oxygen atoms in total. The molecule has 110 valence electrons. The number of piperidine rings is 1. The zero-order valence-corrected chi connectivity index (χ0v) is 12.0. The number of carboxylic acids is 1. The summed E-state index contributed by atoms with van der Waals surface area (Å²) in [5.41, 5.74) is 1.00. The van der Waals surface area contributed by atoms with Crippen molar-refractivity contribution in [2.45, 2.75) is 25.3 Å². The SMILES string of the molecule is CNc1ccc2ccnc(N3CCCCC3C(=O)O)c2c1. The van der Waals surface area contributed by atoms with Gasteiger partial charge in [-0.05, 0) is 42.8 Å². The second-order valence-electron chi connectivity index (χ2n) is 5.36. The number of nitrogens with one attached hydrogen (secondary N) is 1. The summed E-state index contributed by atoms with van der Waals surface area (Å²) in [5.74, 6) is 0.00924. The average Bonchev–Trinajstić information content (AvgIpc) is 2.53. The summed E-state index contributed by atoms with van der Waals surface area (Å²) in [4.78, 5) is 17.9. The molecule has 5 heteroatoms. The van der Waals surface area contributed by atoms with Crippen LogP contribution in [0.4, 0.5) is 11.5 Å². The van der Waals surface area contributed by atoms with Gasteiger partial charge in [0.2, 0.25) is 0 Å². The van der Waals surface area contributed by atoms with E-state index in [1.807, 2.05) is 36.2 Å². The van der Waals surface area contributed by atoms with Crippen LogP contribution in [0.5, 0.6) is 0 Å². The molecule has 0 saturated carbocycles. The number of hydrogen-bond acceptors (Lipinski definition) is 4. The predicted molar refractivity (Wildman–Crippen MR) is 83.9 cm³/mol. The minimum atomic E-state index is -0.765. The van der Waals surface area contributed by atoms with Crippen LogP contribution in [0.1, 0.15) is 19.3 Å². The molecule has 2 N–H and O–H groups in total. The second-order valence-corrected chi connectivity index (χ2v) is 5.36. The Morgan fingerprint density at radius 3 is 3.00 bits per heavy atom. The van der Waals surface area contributed by atoms with Crippen molar-refractivity contribution in [2.24, 2.45) is 0 Å². The van der Waals surface area contributed by atoms with Crippen molar-refractivity contribution >= 4 is 28.2 Å². The van der Waals surface area contributed by atoms with Gasteiger partial charge in [-0.25, -0.2) is 9.78 Å². The maximum absolute atomic E-state index is 11.5. The third-order valence-corrected chi connectivity index (χ3v) is 4.09. The van der Waals surface area contributed by atoms with E-state index in [2.05, 4.69) is 10.3 Å². The van der Waals surface area contributed by atoms with Gasteiger partial charge in [0.1, 0.15) is 11.9 Å². The number of aromatic nitrogens is 1. The van der Waals surface area contributed by atoms with Gasteiger partial charge in [0.25, 0.3) is 0 Å². The molecule has 0 radical (unpaired) electrons. The molecule has 21 heavy (non-hydrogen) atoms. The van der Waals surface area contributed by atoms with Gasteiger partial charge in [0, 0.05) is 30.9 Å². The fraction of sp³-hybridized carbons (Fsp3) is 0.375. The Balaban J connectivity index is 2.11. The summed E-state index contributed by atoms with van der Waals surface area (Å²) in [6.07, 6.45) is 4.40.